The van der Waals surface area contributed by atoms with Gasteiger partial charge in [-0.2, -0.15) is 4.99 Å². The molecule has 0 amide bonds. The molecule has 1 aromatic heterocycles. The Labute approximate surface area is 110 Å². The molecule has 90 valence electrons. The first kappa shape index (κ1) is 11.3. The van der Waals surface area contributed by atoms with Crippen LogP contribution in [-0.4, -0.2) is 11.1 Å². The van der Waals surface area contributed by atoms with E-state index < -0.39 is 0 Å². The Hall–Kier alpha value is -2.77. The van der Waals surface area contributed by atoms with E-state index >= 15 is 0 Å². The maximum Gasteiger partial charge on any atom is 0.240 e. The smallest absolute Gasteiger partial charge is 0.240 e. The number of isocyanates is 1. The molecule has 3 rings (SSSR count). The lowest BCUT2D eigenvalue weighted by Gasteiger charge is -2.07. The summed E-state index contributed by atoms with van der Waals surface area (Å²) in [5.41, 5.74) is 2.83. The summed E-state index contributed by atoms with van der Waals surface area (Å²) in [5.74, 6) is 0. The molecule has 0 saturated carbocycles. The Bertz CT molecular complexity index is 775. The lowest BCUT2D eigenvalue weighted by atomic mass is 9.98. The van der Waals surface area contributed by atoms with Gasteiger partial charge in [-0.3, -0.25) is 4.98 Å². The van der Waals surface area contributed by atoms with E-state index in [-0.39, 0.29) is 0 Å². The zero-order valence-electron chi connectivity index (χ0n) is 10.1. The number of nitrogens with zero attached hydrogens (tertiary/aromatic N) is 2. The Morgan fingerprint density at radius 2 is 1.63 bits per heavy atom. The summed E-state index contributed by atoms with van der Waals surface area (Å²) in [4.78, 5) is 18.3. The quantitative estimate of drug-likeness (QED) is 0.509. The van der Waals surface area contributed by atoms with Crippen molar-refractivity contribution in [2.75, 3.05) is 0 Å². The van der Waals surface area contributed by atoms with Gasteiger partial charge in [0.1, 0.15) is 0 Å². The fraction of sp³-hybridized carbons (Fsp3) is 0. The molecular weight excluding hydrogens is 236 g/mol. The van der Waals surface area contributed by atoms with E-state index in [0.29, 0.717) is 5.69 Å². The first-order valence-electron chi connectivity index (χ1n) is 5.90. The number of carbonyl (C=O) groups excluding carboxylic acids is 1. The normalized spacial score (nSPS) is 10.1. The van der Waals surface area contributed by atoms with E-state index in [1.165, 1.54) is 0 Å². The minimum absolute atomic E-state index is 0.642. The lowest BCUT2D eigenvalue weighted by Crippen LogP contribution is -1.82. The fourth-order valence-corrected chi connectivity index (χ4v) is 2.22. The van der Waals surface area contributed by atoms with Gasteiger partial charge in [-0.25, -0.2) is 4.79 Å². The molecule has 0 spiro atoms. The van der Waals surface area contributed by atoms with Crippen LogP contribution >= 0.6 is 0 Å². The molecule has 19 heavy (non-hydrogen) atoms. The first-order valence-corrected chi connectivity index (χ1v) is 5.90. The molecule has 0 aliphatic heterocycles. The molecular formula is C16H10N2O. The second-order valence-electron chi connectivity index (χ2n) is 4.12. The van der Waals surface area contributed by atoms with E-state index in [1.807, 2.05) is 48.5 Å². The van der Waals surface area contributed by atoms with Crippen LogP contribution in [-0.2, 0) is 4.79 Å². The van der Waals surface area contributed by atoms with Gasteiger partial charge in [0.05, 0.1) is 5.69 Å². The molecule has 0 aliphatic rings. The van der Waals surface area contributed by atoms with Crippen molar-refractivity contribution in [2.24, 2.45) is 4.99 Å². The fourth-order valence-electron chi connectivity index (χ4n) is 2.22. The predicted molar refractivity (Wildman–Crippen MR) is 75.0 cm³/mol. The van der Waals surface area contributed by atoms with E-state index in [4.69, 9.17) is 0 Å². The van der Waals surface area contributed by atoms with Crippen molar-refractivity contribution in [3.05, 3.63) is 60.9 Å². The summed E-state index contributed by atoms with van der Waals surface area (Å²) in [6.45, 7) is 0. The van der Waals surface area contributed by atoms with Crippen LogP contribution in [0.15, 0.2) is 65.9 Å². The van der Waals surface area contributed by atoms with Crippen molar-refractivity contribution in [1.82, 2.24) is 4.98 Å². The summed E-state index contributed by atoms with van der Waals surface area (Å²) in [6, 6.07) is 15.6. The molecule has 0 aliphatic carbocycles. The highest BCUT2D eigenvalue weighted by Crippen LogP contribution is 2.33. The minimum Gasteiger partial charge on any atom is -0.265 e. The van der Waals surface area contributed by atoms with E-state index in [0.717, 1.165) is 21.9 Å². The summed E-state index contributed by atoms with van der Waals surface area (Å²) < 4.78 is 0. The summed E-state index contributed by atoms with van der Waals surface area (Å²) in [6.07, 6.45) is 5.13. The number of aromatic nitrogens is 1. The Balaban J connectivity index is 2.34. The van der Waals surface area contributed by atoms with Crippen LogP contribution in [0.4, 0.5) is 5.69 Å². The van der Waals surface area contributed by atoms with E-state index in [9.17, 15) is 4.79 Å². The third-order valence-corrected chi connectivity index (χ3v) is 3.06. The van der Waals surface area contributed by atoms with Crippen LogP contribution in [0.5, 0.6) is 0 Å². The van der Waals surface area contributed by atoms with Gasteiger partial charge in [-0.15, -0.1) is 0 Å². The molecule has 0 N–H and O–H groups in total. The second kappa shape index (κ2) is 4.84. The van der Waals surface area contributed by atoms with Gasteiger partial charge < -0.3 is 0 Å². The standard InChI is InChI=1S/C16H10N2O/c19-11-18-16-6-2-4-14-13(3-1-5-15(14)16)12-7-9-17-10-8-12/h1-10H. The van der Waals surface area contributed by atoms with Crippen molar-refractivity contribution in [3.8, 4) is 11.1 Å². The van der Waals surface area contributed by atoms with Gasteiger partial charge in [0.15, 0.2) is 0 Å². The number of rotatable bonds is 2. The van der Waals surface area contributed by atoms with Gasteiger partial charge in [-0.05, 0) is 34.7 Å². The van der Waals surface area contributed by atoms with Crippen molar-refractivity contribution in [1.29, 1.82) is 0 Å². The molecule has 3 aromatic rings. The first-order chi connectivity index (χ1) is 9.40. The number of aliphatic imine (C=N–C) groups is 1. The minimum atomic E-state index is 0.642. The van der Waals surface area contributed by atoms with Crippen LogP contribution in [0, 0.1) is 0 Å². The number of fused-ring (bicyclic) bond motifs is 1. The highest BCUT2D eigenvalue weighted by atomic mass is 16.1. The van der Waals surface area contributed by atoms with Gasteiger partial charge in [0, 0.05) is 17.8 Å². The zero-order chi connectivity index (χ0) is 13.1. The average molecular weight is 246 g/mol. The van der Waals surface area contributed by atoms with Crippen molar-refractivity contribution >= 4 is 22.5 Å². The predicted octanol–water partition coefficient (Wildman–Crippen LogP) is 3.87. The monoisotopic (exact) mass is 246 g/mol. The molecule has 0 saturated heterocycles. The van der Waals surface area contributed by atoms with Crippen LogP contribution in [0.2, 0.25) is 0 Å². The Morgan fingerprint density at radius 1 is 0.895 bits per heavy atom. The van der Waals surface area contributed by atoms with Gasteiger partial charge in [-0.1, -0.05) is 30.3 Å². The van der Waals surface area contributed by atoms with Gasteiger partial charge in [0.25, 0.3) is 0 Å². The summed E-state index contributed by atoms with van der Waals surface area (Å²) in [7, 11) is 0. The maximum atomic E-state index is 10.5. The highest BCUT2D eigenvalue weighted by Gasteiger charge is 2.05. The number of hydrogen-bond acceptors (Lipinski definition) is 3. The Kier molecular flexibility index (Phi) is 2.89. The molecule has 3 nitrogen and oxygen atoms in total. The summed E-state index contributed by atoms with van der Waals surface area (Å²) >= 11 is 0. The molecule has 0 radical (unpaired) electrons. The van der Waals surface area contributed by atoms with Gasteiger partial charge >= 0.3 is 0 Å². The zero-order valence-corrected chi connectivity index (χ0v) is 10.1. The van der Waals surface area contributed by atoms with Crippen LogP contribution in [0.25, 0.3) is 21.9 Å². The van der Waals surface area contributed by atoms with Crippen molar-refractivity contribution in [2.45, 2.75) is 0 Å². The molecule has 3 heteroatoms. The molecule has 2 aromatic carbocycles. The van der Waals surface area contributed by atoms with E-state index in [2.05, 4.69) is 9.98 Å². The molecule has 0 bridgehead atoms. The number of pyridine rings is 1. The third kappa shape index (κ3) is 2.03. The largest absolute Gasteiger partial charge is 0.265 e. The van der Waals surface area contributed by atoms with Crippen molar-refractivity contribution in [3.63, 3.8) is 0 Å². The van der Waals surface area contributed by atoms with Crippen LogP contribution < -0.4 is 0 Å². The Morgan fingerprint density at radius 3 is 2.42 bits per heavy atom. The lowest BCUT2D eigenvalue weighted by molar-refractivity contribution is 0.565. The summed E-state index contributed by atoms with van der Waals surface area (Å²) in [5, 5.41) is 2.00. The average Bonchev–Trinajstić information content (AvgIpc) is 2.48. The molecule has 0 fully saturated rings. The van der Waals surface area contributed by atoms with Gasteiger partial charge in [0.2, 0.25) is 6.08 Å². The third-order valence-electron chi connectivity index (χ3n) is 3.06. The topological polar surface area (TPSA) is 42.3 Å². The highest BCUT2D eigenvalue weighted by molar-refractivity contribution is 6.02. The van der Waals surface area contributed by atoms with Crippen LogP contribution in [0.3, 0.4) is 0 Å². The second-order valence-corrected chi connectivity index (χ2v) is 4.12. The molecule has 0 unspecified atom stereocenters. The maximum absolute atomic E-state index is 10.5. The SMILES string of the molecule is O=C=Nc1cccc2c(-c3ccncc3)cccc12. The number of hydrogen-bond donors (Lipinski definition) is 0. The number of benzene rings is 2. The molecule has 0 atom stereocenters. The van der Waals surface area contributed by atoms with Crippen LogP contribution in [0.1, 0.15) is 0 Å². The molecule has 1 heterocycles. The van der Waals surface area contributed by atoms with E-state index in [1.54, 1.807) is 18.5 Å². The van der Waals surface area contributed by atoms with Crippen molar-refractivity contribution < 1.29 is 4.79 Å².